The lowest BCUT2D eigenvalue weighted by atomic mass is 10.1. The average molecular weight is 152 g/mol. The molecule has 0 unspecified atom stereocenters. The molecule has 1 aliphatic heterocycles. The fraction of sp³-hybridized carbons (Fsp3) is 0.333. The van der Waals surface area contributed by atoms with Crippen LogP contribution in [-0.4, -0.2) is 12.8 Å². The molecular formula is C9H9FO. The molecule has 2 rings (SSSR count). The first-order chi connectivity index (χ1) is 5.36. The van der Waals surface area contributed by atoms with E-state index in [1.807, 2.05) is 24.3 Å². The minimum atomic E-state index is -0.829. The van der Waals surface area contributed by atoms with Crippen molar-refractivity contribution < 1.29 is 9.13 Å². The molecule has 0 spiro atoms. The third-order valence-corrected chi connectivity index (χ3v) is 1.83. The molecule has 1 atom stereocenters. The predicted molar refractivity (Wildman–Crippen MR) is 40.5 cm³/mol. The molecule has 0 radical (unpaired) electrons. The molecule has 0 aliphatic carbocycles. The van der Waals surface area contributed by atoms with Gasteiger partial charge in [-0.1, -0.05) is 18.2 Å². The molecule has 0 N–H and O–H groups in total. The van der Waals surface area contributed by atoms with Crippen LogP contribution in [0.3, 0.4) is 0 Å². The van der Waals surface area contributed by atoms with Gasteiger partial charge in [0.1, 0.15) is 18.5 Å². The lowest BCUT2D eigenvalue weighted by Crippen LogP contribution is -2.21. The van der Waals surface area contributed by atoms with E-state index in [0.717, 1.165) is 11.3 Å². The minimum absolute atomic E-state index is 0.205. The van der Waals surface area contributed by atoms with E-state index in [9.17, 15) is 4.39 Å². The Morgan fingerprint density at radius 2 is 2.18 bits per heavy atom. The van der Waals surface area contributed by atoms with Crippen molar-refractivity contribution >= 4 is 0 Å². The second kappa shape index (κ2) is 2.53. The van der Waals surface area contributed by atoms with Gasteiger partial charge in [0.25, 0.3) is 0 Å². The molecule has 58 valence electrons. The van der Waals surface area contributed by atoms with Crippen LogP contribution >= 0.6 is 0 Å². The van der Waals surface area contributed by atoms with Gasteiger partial charge in [-0.05, 0) is 11.6 Å². The number of ether oxygens (including phenoxy) is 1. The molecule has 0 saturated heterocycles. The lowest BCUT2D eigenvalue weighted by Gasteiger charge is -2.19. The number of benzene rings is 1. The van der Waals surface area contributed by atoms with Gasteiger partial charge in [-0.25, -0.2) is 4.39 Å². The highest BCUT2D eigenvalue weighted by molar-refractivity contribution is 5.35. The Hall–Kier alpha value is -1.05. The summed E-state index contributed by atoms with van der Waals surface area (Å²) in [6.45, 7) is 0.205. The molecule has 1 aliphatic rings. The van der Waals surface area contributed by atoms with Gasteiger partial charge in [-0.3, -0.25) is 0 Å². The Morgan fingerprint density at radius 3 is 3.09 bits per heavy atom. The standard InChI is InChI=1S/C9H9FO/c10-8-5-7-3-1-2-4-9(7)11-6-8/h1-4,8H,5-6H2/t8-/m1/s1. The maximum absolute atomic E-state index is 12.7. The van der Waals surface area contributed by atoms with Gasteiger partial charge in [0, 0.05) is 6.42 Å². The van der Waals surface area contributed by atoms with Gasteiger partial charge < -0.3 is 4.74 Å². The van der Waals surface area contributed by atoms with Crippen LogP contribution in [0.25, 0.3) is 0 Å². The van der Waals surface area contributed by atoms with Crippen molar-refractivity contribution in [2.24, 2.45) is 0 Å². The number of rotatable bonds is 0. The SMILES string of the molecule is F[C@H]1COc2ccccc2C1. The second-order valence-corrected chi connectivity index (χ2v) is 2.72. The largest absolute Gasteiger partial charge is 0.490 e. The van der Waals surface area contributed by atoms with Crippen LogP contribution in [0.2, 0.25) is 0 Å². The molecule has 1 aromatic carbocycles. The molecule has 2 heteroatoms. The van der Waals surface area contributed by atoms with E-state index in [0.29, 0.717) is 6.42 Å². The number of para-hydroxylation sites is 1. The summed E-state index contributed by atoms with van der Waals surface area (Å²) in [6.07, 6.45) is -0.333. The van der Waals surface area contributed by atoms with Crippen LogP contribution < -0.4 is 4.74 Å². The monoisotopic (exact) mass is 152 g/mol. The van der Waals surface area contributed by atoms with E-state index in [2.05, 4.69) is 0 Å². The first-order valence-corrected chi connectivity index (χ1v) is 3.71. The number of fused-ring (bicyclic) bond motifs is 1. The van der Waals surface area contributed by atoms with E-state index in [-0.39, 0.29) is 6.61 Å². The van der Waals surface area contributed by atoms with E-state index in [4.69, 9.17) is 4.74 Å². The minimum Gasteiger partial charge on any atom is -0.490 e. The molecule has 1 heterocycles. The van der Waals surface area contributed by atoms with Crippen LogP contribution in [0.1, 0.15) is 5.56 Å². The lowest BCUT2D eigenvalue weighted by molar-refractivity contribution is 0.174. The van der Waals surface area contributed by atoms with Crippen LogP contribution in [0, 0.1) is 0 Å². The van der Waals surface area contributed by atoms with E-state index < -0.39 is 6.17 Å². The highest BCUT2D eigenvalue weighted by Crippen LogP contribution is 2.24. The first-order valence-electron chi connectivity index (χ1n) is 3.71. The van der Waals surface area contributed by atoms with Gasteiger partial charge in [0.15, 0.2) is 0 Å². The molecule has 1 nitrogen and oxygen atoms in total. The molecule has 0 aromatic heterocycles. The Balaban J connectivity index is 2.34. The van der Waals surface area contributed by atoms with Gasteiger partial charge in [-0.15, -0.1) is 0 Å². The first kappa shape index (κ1) is 6.65. The van der Waals surface area contributed by atoms with E-state index in [1.54, 1.807) is 0 Å². The topological polar surface area (TPSA) is 9.23 Å². The number of hydrogen-bond donors (Lipinski definition) is 0. The quantitative estimate of drug-likeness (QED) is 0.552. The van der Waals surface area contributed by atoms with Crippen LogP contribution in [0.4, 0.5) is 4.39 Å². The average Bonchev–Trinajstić information content (AvgIpc) is 2.04. The highest BCUT2D eigenvalue weighted by atomic mass is 19.1. The molecule has 11 heavy (non-hydrogen) atoms. The summed E-state index contributed by atoms with van der Waals surface area (Å²) in [5.74, 6) is 0.835. The number of halogens is 1. The molecule has 0 amide bonds. The zero-order valence-corrected chi connectivity index (χ0v) is 6.09. The van der Waals surface area contributed by atoms with Crippen LogP contribution in [-0.2, 0) is 6.42 Å². The van der Waals surface area contributed by atoms with Gasteiger partial charge in [0.05, 0.1) is 0 Å². The molecule has 0 bridgehead atoms. The fourth-order valence-corrected chi connectivity index (χ4v) is 1.29. The van der Waals surface area contributed by atoms with Crippen LogP contribution in [0.5, 0.6) is 5.75 Å². The number of hydrogen-bond acceptors (Lipinski definition) is 1. The summed E-state index contributed by atoms with van der Waals surface area (Å²) < 4.78 is 17.9. The molecule has 1 aromatic rings. The highest BCUT2D eigenvalue weighted by Gasteiger charge is 2.17. The van der Waals surface area contributed by atoms with Crippen molar-refractivity contribution in [3.8, 4) is 5.75 Å². The third-order valence-electron chi connectivity index (χ3n) is 1.83. The smallest absolute Gasteiger partial charge is 0.138 e. The molecule has 0 fully saturated rings. The van der Waals surface area contributed by atoms with Crippen molar-refractivity contribution in [1.29, 1.82) is 0 Å². The van der Waals surface area contributed by atoms with E-state index in [1.165, 1.54) is 0 Å². The summed E-state index contributed by atoms with van der Waals surface area (Å²) >= 11 is 0. The fourth-order valence-electron chi connectivity index (χ4n) is 1.29. The normalized spacial score (nSPS) is 22.1. The Labute approximate surface area is 64.8 Å². The molecular weight excluding hydrogens is 143 g/mol. The second-order valence-electron chi connectivity index (χ2n) is 2.72. The molecule has 0 saturated carbocycles. The van der Waals surface area contributed by atoms with E-state index >= 15 is 0 Å². The number of alkyl halides is 1. The van der Waals surface area contributed by atoms with Gasteiger partial charge in [0.2, 0.25) is 0 Å². The van der Waals surface area contributed by atoms with Crippen molar-refractivity contribution in [3.05, 3.63) is 29.8 Å². The third kappa shape index (κ3) is 1.20. The Bertz CT molecular complexity index is 259. The van der Waals surface area contributed by atoms with Crippen molar-refractivity contribution in [2.75, 3.05) is 6.61 Å². The Morgan fingerprint density at radius 1 is 1.36 bits per heavy atom. The van der Waals surface area contributed by atoms with Crippen molar-refractivity contribution in [2.45, 2.75) is 12.6 Å². The Kier molecular flexibility index (Phi) is 1.53. The maximum atomic E-state index is 12.7. The van der Waals surface area contributed by atoms with Gasteiger partial charge >= 0.3 is 0 Å². The van der Waals surface area contributed by atoms with Gasteiger partial charge in [-0.2, -0.15) is 0 Å². The predicted octanol–water partition coefficient (Wildman–Crippen LogP) is 1.96. The summed E-state index contributed by atoms with van der Waals surface area (Å²) in [4.78, 5) is 0. The summed E-state index contributed by atoms with van der Waals surface area (Å²) in [7, 11) is 0. The van der Waals surface area contributed by atoms with Crippen molar-refractivity contribution in [1.82, 2.24) is 0 Å². The maximum Gasteiger partial charge on any atom is 0.138 e. The summed E-state index contributed by atoms with van der Waals surface area (Å²) in [6, 6.07) is 7.58. The van der Waals surface area contributed by atoms with Crippen LogP contribution in [0.15, 0.2) is 24.3 Å². The summed E-state index contributed by atoms with van der Waals surface area (Å²) in [5, 5.41) is 0. The zero-order valence-electron chi connectivity index (χ0n) is 6.09. The summed E-state index contributed by atoms with van der Waals surface area (Å²) in [5.41, 5.74) is 0.978. The van der Waals surface area contributed by atoms with Crippen molar-refractivity contribution in [3.63, 3.8) is 0 Å². The zero-order chi connectivity index (χ0) is 7.68.